The van der Waals surface area contributed by atoms with Gasteiger partial charge in [-0.1, -0.05) is 18.2 Å². The van der Waals surface area contributed by atoms with Crippen molar-refractivity contribution >= 4 is 41.0 Å². The lowest BCUT2D eigenvalue weighted by atomic mass is 9.48. The van der Waals surface area contributed by atoms with Crippen LogP contribution in [0, 0.1) is 27.9 Å². The predicted octanol–water partition coefficient (Wildman–Crippen LogP) is 4.57. The number of anilines is 2. The van der Waals surface area contributed by atoms with E-state index in [1.165, 1.54) is 56.2 Å². The van der Waals surface area contributed by atoms with Crippen LogP contribution in [0.1, 0.15) is 49.7 Å². The number of nitro benzene ring substituents is 1. The Kier molecular flexibility index (Phi) is 6.19. The summed E-state index contributed by atoms with van der Waals surface area (Å²) in [7, 11) is 0. The largest absolute Gasteiger partial charge is 0.378 e. The first-order valence-corrected chi connectivity index (χ1v) is 14.4. The fourth-order valence-electron chi connectivity index (χ4n) is 8.34. The minimum Gasteiger partial charge on any atom is -0.378 e. The number of rotatable bonds is 5. The number of hydrogen-bond donors (Lipinski definition) is 1. The summed E-state index contributed by atoms with van der Waals surface area (Å²) in [6.07, 6.45) is 8.97. The van der Waals surface area contributed by atoms with Crippen LogP contribution in [0.5, 0.6) is 0 Å². The van der Waals surface area contributed by atoms with Crippen LogP contribution in [0.3, 0.4) is 0 Å². The van der Waals surface area contributed by atoms with Gasteiger partial charge in [0.05, 0.1) is 23.8 Å². The van der Waals surface area contributed by atoms with Gasteiger partial charge in [0.25, 0.3) is 17.5 Å². The number of urea groups is 1. The van der Waals surface area contributed by atoms with Crippen molar-refractivity contribution in [1.82, 2.24) is 5.32 Å². The standard InChI is InChI=1S/C31H32N4O6/c36-28-25(14-19-1-6-26(27(15-19)35(39)40)33-7-9-41-10-8-33)29(37)34(30(38)32-28)24-4-2-23(3-5-24)31-16-20-11-21(17-31)13-22(12-20)18-31/h1-6,14-15,20-22H,7-13,16-18H2,(H,32,36,38)/b25-14+. The highest BCUT2D eigenvalue weighted by Gasteiger charge is 2.51. The van der Waals surface area contributed by atoms with Crippen LogP contribution in [0.2, 0.25) is 0 Å². The maximum atomic E-state index is 13.5. The molecule has 0 unspecified atom stereocenters. The third-order valence-corrected chi connectivity index (χ3v) is 9.74. The number of nitrogens with zero attached hydrogens (tertiary/aromatic N) is 3. The van der Waals surface area contributed by atoms with E-state index in [2.05, 4.69) is 5.32 Å². The number of nitrogens with one attached hydrogen (secondary N) is 1. The summed E-state index contributed by atoms with van der Waals surface area (Å²) in [4.78, 5) is 53.3. The molecule has 0 radical (unpaired) electrons. The van der Waals surface area contributed by atoms with Gasteiger partial charge in [-0.2, -0.15) is 0 Å². The summed E-state index contributed by atoms with van der Waals surface area (Å²) >= 11 is 0. The van der Waals surface area contributed by atoms with Gasteiger partial charge >= 0.3 is 6.03 Å². The molecule has 2 heterocycles. The number of amides is 4. The van der Waals surface area contributed by atoms with Crippen molar-refractivity contribution < 1.29 is 24.0 Å². The number of hydrogen-bond acceptors (Lipinski definition) is 7. The fourth-order valence-corrected chi connectivity index (χ4v) is 8.34. The number of barbiturate groups is 1. The summed E-state index contributed by atoms with van der Waals surface area (Å²) < 4.78 is 5.35. The SMILES string of the molecule is O=C1NC(=O)N(c2ccc(C34CC5CC(CC(C5)C3)C4)cc2)C(=O)/C1=C/c1ccc(N2CCOCC2)c([N+](=O)[O-])c1. The van der Waals surface area contributed by atoms with Crippen LogP contribution >= 0.6 is 0 Å². The number of ether oxygens (including phenoxy) is 1. The van der Waals surface area contributed by atoms with Gasteiger partial charge in [0, 0.05) is 19.2 Å². The quantitative estimate of drug-likeness (QED) is 0.248. The second-order valence-corrected chi connectivity index (χ2v) is 12.3. The van der Waals surface area contributed by atoms with Crippen LogP contribution in [0.25, 0.3) is 6.08 Å². The van der Waals surface area contributed by atoms with E-state index >= 15 is 0 Å². The molecule has 6 aliphatic rings. The van der Waals surface area contributed by atoms with Crippen molar-refractivity contribution in [2.45, 2.75) is 43.9 Å². The highest BCUT2D eigenvalue weighted by molar-refractivity contribution is 6.39. The summed E-state index contributed by atoms with van der Waals surface area (Å²) in [6, 6.07) is 11.4. The third kappa shape index (κ3) is 4.50. The first-order chi connectivity index (χ1) is 19.8. The number of carbonyl (C=O) groups excluding carboxylic acids is 3. The number of nitro groups is 1. The molecule has 4 bridgehead atoms. The maximum Gasteiger partial charge on any atom is 0.335 e. The third-order valence-electron chi connectivity index (χ3n) is 9.74. The van der Waals surface area contributed by atoms with Crippen molar-refractivity contribution in [3.63, 3.8) is 0 Å². The molecule has 6 fully saturated rings. The normalized spacial score (nSPS) is 30.2. The van der Waals surface area contributed by atoms with E-state index in [0.717, 1.165) is 22.7 Å². The van der Waals surface area contributed by atoms with E-state index < -0.39 is 22.8 Å². The van der Waals surface area contributed by atoms with Gasteiger partial charge < -0.3 is 9.64 Å². The number of benzene rings is 2. The van der Waals surface area contributed by atoms with Crippen molar-refractivity contribution in [3.05, 3.63) is 69.3 Å². The second kappa shape index (κ2) is 9.80. The predicted molar refractivity (Wildman–Crippen MR) is 151 cm³/mol. The molecule has 4 amide bonds. The molecule has 0 aromatic heterocycles. The molecule has 10 heteroatoms. The average Bonchev–Trinajstić information content (AvgIpc) is 2.95. The molecule has 2 saturated heterocycles. The zero-order chi connectivity index (χ0) is 28.3. The molecular formula is C31H32N4O6. The molecule has 212 valence electrons. The average molecular weight is 557 g/mol. The lowest BCUT2D eigenvalue weighted by Gasteiger charge is -2.57. The van der Waals surface area contributed by atoms with Gasteiger partial charge in [0.15, 0.2) is 0 Å². The molecule has 2 aromatic rings. The van der Waals surface area contributed by atoms with Crippen molar-refractivity contribution in [3.8, 4) is 0 Å². The van der Waals surface area contributed by atoms with Gasteiger partial charge in [-0.05, 0) is 97.1 Å². The Balaban J connectivity index is 1.16. The first-order valence-electron chi connectivity index (χ1n) is 14.4. The molecule has 41 heavy (non-hydrogen) atoms. The topological polar surface area (TPSA) is 122 Å². The van der Waals surface area contributed by atoms with E-state index in [-0.39, 0.29) is 16.7 Å². The summed E-state index contributed by atoms with van der Waals surface area (Å²) in [5.74, 6) is 0.802. The molecule has 4 aliphatic carbocycles. The van der Waals surface area contributed by atoms with Crippen molar-refractivity contribution in [2.75, 3.05) is 36.1 Å². The van der Waals surface area contributed by atoms with Crippen molar-refractivity contribution in [2.24, 2.45) is 17.8 Å². The molecule has 2 aliphatic heterocycles. The molecule has 4 saturated carbocycles. The Morgan fingerprint density at radius 3 is 2.17 bits per heavy atom. The first kappa shape index (κ1) is 25.9. The molecule has 2 aromatic carbocycles. The van der Waals surface area contributed by atoms with E-state index in [0.29, 0.717) is 43.2 Å². The van der Waals surface area contributed by atoms with Crippen molar-refractivity contribution in [1.29, 1.82) is 0 Å². The van der Waals surface area contributed by atoms with E-state index in [9.17, 15) is 24.5 Å². The number of imide groups is 2. The van der Waals surface area contributed by atoms with E-state index in [1.54, 1.807) is 24.3 Å². The summed E-state index contributed by atoms with van der Waals surface area (Å²) in [5, 5.41) is 14.1. The number of morpholine rings is 1. The van der Waals surface area contributed by atoms with Gasteiger partial charge in [0.1, 0.15) is 11.3 Å². The van der Waals surface area contributed by atoms with Gasteiger partial charge in [-0.25, -0.2) is 9.69 Å². The lowest BCUT2D eigenvalue weighted by Crippen LogP contribution is -2.54. The van der Waals surface area contributed by atoms with Crippen LogP contribution in [0.15, 0.2) is 48.0 Å². The second-order valence-electron chi connectivity index (χ2n) is 12.3. The number of carbonyl (C=O) groups is 3. The van der Waals surface area contributed by atoms with Gasteiger partial charge in [0.2, 0.25) is 0 Å². The minimum absolute atomic E-state index is 0.127. The summed E-state index contributed by atoms with van der Waals surface area (Å²) in [6.45, 7) is 2.01. The summed E-state index contributed by atoms with van der Waals surface area (Å²) in [5.41, 5.74) is 2.22. The van der Waals surface area contributed by atoms with E-state index in [4.69, 9.17) is 4.74 Å². The van der Waals surface area contributed by atoms with Crippen LogP contribution in [0.4, 0.5) is 21.9 Å². The van der Waals surface area contributed by atoms with Crippen LogP contribution in [-0.4, -0.2) is 49.1 Å². The van der Waals surface area contributed by atoms with Crippen LogP contribution in [-0.2, 0) is 19.7 Å². The minimum atomic E-state index is -0.832. The molecule has 10 nitrogen and oxygen atoms in total. The highest BCUT2D eigenvalue weighted by atomic mass is 16.6. The van der Waals surface area contributed by atoms with Crippen LogP contribution < -0.4 is 15.1 Å². The van der Waals surface area contributed by atoms with E-state index in [1.807, 2.05) is 17.0 Å². The Hall–Kier alpha value is -4.05. The Morgan fingerprint density at radius 1 is 0.927 bits per heavy atom. The van der Waals surface area contributed by atoms with Gasteiger partial charge in [-0.3, -0.25) is 25.0 Å². The Bertz CT molecular complexity index is 1440. The lowest BCUT2D eigenvalue weighted by molar-refractivity contribution is -0.384. The molecule has 1 N–H and O–H groups in total. The molecule has 8 rings (SSSR count). The zero-order valence-electron chi connectivity index (χ0n) is 22.7. The zero-order valence-corrected chi connectivity index (χ0v) is 22.7. The highest BCUT2D eigenvalue weighted by Crippen LogP contribution is 2.60. The molecule has 0 atom stereocenters. The fraction of sp³-hybridized carbons (Fsp3) is 0.452. The smallest absolute Gasteiger partial charge is 0.335 e. The molecule has 0 spiro atoms. The van der Waals surface area contributed by atoms with Gasteiger partial charge in [-0.15, -0.1) is 0 Å². The monoisotopic (exact) mass is 556 g/mol. The Labute approximate surface area is 237 Å². The molecular weight excluding hydrogens is 524 g/mol. The Morgan fingerprint density at radius 2 is 1.56 bits per heavy atom. The maximum absolute atomic E-state index is 13.5.